The number of benzene rings is 2. The second-order valence-corrected chi connectivity index (χ2v) is 5.13. The molecule has 1 amide bonds. The molecule has 0 aliphatic carbocycles. The highest BCUT2D eigenvalue weighted by Crippen LogP contribution is 2.08. The normalized spacial score (nSPS) is 10.8. The predicted octanol–water partition coefficient (Wildman–Crippen LogP) is 4.57. The average Bonchev–Trinajstić information content (AvgIpc) is 2.54. The molecule has 0 heterocycles. The van der Waals surface area contributed by atoms with Crippen molar-refractivity contribution in [3.8, 4) is 0 Å². The number of hydrogen-bond donors (Lipinski definition) is 1. The molecule has 22 heavy (non-hydrogen) atoms. The van der Waals surface area contributed by atoms with Crippen LogP contribution in [-0.4, -0.2) is 5.91 Å². The molecule has 2 rings (SSSR count). The van der Waals surface area contributed by atoms with Crippen LogP contribution in [0.1, 0.15) is 41.3 Å². The first kappa shape index (κ1) is 16.0. The Hall–Kier alpha value is -2.42. The molecule has 114 valence electrons. The number of unbranched alkanes of at least 4 members (excludes halogenated alkanes) is 1. The first-order chi connectivity index (χ1) is 10.7. The van der Waals surface area contributed by atoms with E-state index in [0.29, 0.717) is 12.1 Å². The largest absolute Gasteiger partial charge is 0.348 e. The van der Waals surface area contributed by atoms with E-state index >= 15 is 0 Å². The van der Waals surface area contributed by atoms with E-state index in [1.807, 2.05) is 12.1 Å². The van der Waals surface area contributed by atoms with Crippen LogP contribution in [0.5, 0.6) is 0 Å². The van der Waals surface area contributed by atoms with Gasteiger partial charge in [-0.1, -0.05) is 49.8 Å². The summed E-state index contributed by atoms with van der Waals surface area (Å²) in [5, 5.41) is 2.79. The van der Waals surface area contributed by atoms with E-state index in [9.17, 15) is 9.18 Å². The van der Waals surface area contributed by atoms with Crippen molar-refractivity contribution < 1.29 is 9.18 Å². The van der Waals surface area contributed by atoms with Crippen molar-refractivity contribution in [3.05, 3.63) is 77.1 Å². The summed E-state index contributed by atoms with van der Waals surface area (Å²) >= 11 is 0. The van der Waals surface area contributed by atoms with Crippen LogP contribution in [-0.2, 0) is 6.54 Å². The molecule has 0 spiro atoms. The standard InChI is InChI=1S/C19H20FNO/c1-2-3-4-6-15-9-11-17(12-10-15)19(22)21-14-16-7-5-8-18(20)13-16/h4-13H,2-3,14H2,1H3,(H,21,22). The number of hydrogen-bond acceptors (Lipinski definition) is 1. The SMILES string of the molecule is CCCC=Cc1ccc(C(=O)NCc2cccc(F)c2)cc1. The van der Waals surface area contributed by atoms with Crippen LogP contribution < -0.4 is 5.32 Å². The van der Waals surface area contributed by atoms with Crippen LogP contribution in [0.3, 0.4) is 0 Å². The van der Waals surface area contributed by atoms with Crippen LogP contribution >= 0.6 is 0 Å². The van der Waals surface area contributed by atoms with Crippen LogP contribution in [0.2, 0.25) is 0 Å². The lowest BCUT2D eigenvalue weighted by molar-refractivity contribution is 0.0951. The molecular formula is C19H20FNO. The molecule has 3 heteroatoms. The van der Waals surface area contributed by atoms with Gasteiger partial charge in [0.15, 0.2) is 0 Å². The predicted molar refractivity (Wildman–Crippen MR) is 88.0 cm³/mol. The molecule has 0 aliphatic rings. The van der Waals surface area contributed by atoms with E-state index in [0.717, 1.165) is 24.0 Å². The summed E-state index contributed by atoms with van der Waals surface area (Å²) in [5.74, 6) is -0.455. The third-order valence-corrected chi connectivity index (χ3v) is 3.28. The van der Waals surface area contributed by atoms with Gasteiger partial charge >= 0.3 is 0 Å². The van der Waals surface area contributed by atoms with Gasteiger partial charge in [0.2, 0.25) is 0 Å². The molecule has 0 radical (unpaired) electrons. The topological polar surface area (TPSA) is 29.1 Å². The molecule has 0 unspecified atom stereocenters. The zero-order valence-electron chi connectivity index (χ0n) is 12.7. The van der Waals surface area contributed by atoms with Gasteiger partial charge in [-0.05, 0) is 41.8 Å². The molecule has 0 aliphatic heterocycles. The third-order valence-electron chi connectivity index (χ3n) is 3.28. The molecular weight excluding hydrogens is 277 g/mol. The summed E-state index contributed by atoms with van der Waals surface area (Å²) in [6.07, 6.45) is 6.35. The smallest absolute Gasteiger partial charge is 0.251 e. The molecule has 0 saturated carbocycles. The summed E-state index contributed by atoms with van der Waals surface area (Å²) in [6, 6.07) is 13.7. The van der Waals surface area contributed by atoms with Crippen LogP contribution in [0.15, 0.2) is 54.6 Å². The van der Waals surface area contributed by atoms with E-state index in [4.69, 9.17) is 0 Å². The van der Waals surface area contributed by atoms with Crippen molar-refractivity contribution in [1.29, 1.82) is 0 Å². The Balaban J connectivity index is 1.92. The Bertz CT molecular complexity index is 647. The third kappa shape index (κ3) is 4.85. The maximum atomic E-state index is 13.1. The first-order valence-electron chi connectivity index (χ1n) is 7.48. The summed E-state index contributed by atoms with van der Waals surface area (Å²) in [5.41, 5.74) is 2.42. The molecule has 2 aromatic carbocycles. The number of rotatable bonds is 6. The van der Waals surface area contributed by atoms with Gasteiger partial charge in [0.1, 0.15) is 5.82 Å². The maximum Gasteiger partial charge on any atom is 0.251 e. The van der Waals surface area contributed by atoms with Crippen molar-refractivity contribution >= 4 is 12.0 Å². The Morgan fingerprint density at radius 1 is 1.18 bits per heavy atom. The fraction of sp³-hybridized carbons (Fsp3) is 0.211. The van der Waals surface area contributed by atoms with Gasteiger partial charge in [-0.15, -0.1) is 0 Å². The summed E-state index contributed by atoms with van der Waals surface area (Å²) in [4.78, 5) is 12.1. The highest BCUT2D eigenvalue weighted by molar-refractivity contribution is 5.94. The van der Waals surface area contributed by atoms with E-state index in [-0.39, 0.29) is 11.7 Å². The first-order valence-corrected chi connectivity index (χ1v) is 7.48. The van der Waals surface area contributed by atoms with E-state index < -0.39 is 0 Å². The minimum atomic E-state index is -0.296. The summed E-state index contributed by atoms with van der Waals surface area (Å²) in [6.45, 7) is 2.45. The number of carbonyl (C=O) groups excluding carboxylic acids is 1. The second-order valence-electron chi connectivity index (χ2n) is 5.13. The summed E-state index contributed by atoms with van der Waals surface area (Å²) in [7, 11) is 0. The second kappa shape index (κ2) is 8.13. The van der Waals surface area contributed by atoms with Crippen molar-refractivity contribution in [2.45, 2.75) is 26.3 Å². The molecule has 1 N–H and O–H groups in total. The number of carbonyl (C=O) groups is 1. The molecule has 0 fully saturated rings. The van der Waals surface area contributed by atoms with E-state index in [2.05, 4.69) is 24.4 Å². The average molecular weight is 297 g/mol. The van der Waals surface area contributed by atoms with Gasteiger partial charge in [-0.3, -0.25) is 4.79 Å². The molecule has 0 atom stereocenters. The van der Waals surface area contributed by atoms with Gasteiger partial charge in [0.25, 0.3) is 5.91 Å². The van der Waals surface area contributed by atoms with Crippen LogP contribution in [0, 0.1) is 5.82 Å². The van der Waals surface area contributed by atoms with Gasteiger partial charge < -0.3 is 5.32 Å². The van der Waals surface area contributed by atoms with E-state index in [1.54, 1.807) is 24.3 Å². The fourth-order valence-electron chi connectivity index (χ4n) is 2.06. The van der Waals surface area contributed by atoms with Gasteiger partial charge in [0, 0.05) is 12.1 Å². The minimum Gasteiger partial charge on any atom is -0.348 e. The molecule has 2 aromatic rings. The lowest BCUT2D eigenvalue weighted by atomic mass is 10.1. The number of amides is 1. The van der Waals surface area contributed by atoms with Gasteiger partial charge in [0.05, 0.1) is 0 Å². The lowest BCUT2D eigenvalue weighted by Gasteiger charge is -2.06. The molecule has 2 nitrogen and oxygen atoms in total. The fourth-order valence-corrected chi connectivity index (χ4v) is 2.06. The molecule has 0 saturated heterocycles. The van der Waals surface area contributed by atoms with Crippen molar-refractivity contribution in [3.63, 3.8) is 0 Å². The minimum absolute atomic E-state index is 0.159. The molecule has 0 bridgehead atoms. The lowest BCUT2D eigenvalue weighted by Crippen LogP contribution is -2.22. The Morgan fingerprint density at radius 2 is 1.95 bits per heavy atom. The van der Waals surface area contributed by atoms with Crippen LogP contribution in [0.4, 0.5) is 4.39 Å². The number of halogens is 1. The van der Waals surface area contributed by atoms with E-state index in [1.165, 1.54) is 12.1 Å². The monoisotopic (exact) mass is 297 g/mol. The Labute approximate surface area is 130 Å². The zero-order chi connectivity index (χ0) is 15.8. The highest BCUT2D eigenvalue weighted by Gasteiger charge is 2.05. The molecule has 0 aromatic heterocycles. The number of nitrogens with one attached hydrogen (secondary N) is 1. The Morgan fingerprint density at radius 3 is 2.64 bits per heavy atom. The maximum absolute atomic E-state index is 13.1. The van der Waals surface area contributed by atoms with Crippen LogP contribution in [0.25, 0.3) is 6.08 Å². The van der Waals surface area contributed by atoms with Gasteiger partial charge in [-0.2, -0.15) is 0 Å². The van der Waals surface area contributed by atoms with Gasteiger partial charge in [-0.25, -0.2) is 4.39 Å². The van der Waals surface area contributed by atoms with Crippen molar-refractivity contribution in [2.24, 2.45) is 0 Å². The summed E-state index contributed by atoms with van der Waals surface area (Å²) < 4.78 is 13.1. The number of allylic oxidation sites excluding steroid dienone is 1. The highest BCUT2D eigenvalue weighted by atomic mass is 19.1. The van der Waals surface area contributed by atoms with Crippen molar-refractivity contribution in [2.75, 3.05) is 0 Å². The Kier molecular flexibility index (Phi) is 5.90. The zero-order valence-corrected chi connectivity index (χ0v) is 12.7. The van der Waals surface area contributed by atoms with Crippen molar-refractivity contribution in [1.82, 2.24) is 5.32 Å². The quantitative estimate of drug-likeness (QED) is 0.831.